The topological polar surface area (TPSA) is 72.5 Å². The van der Waals surface area contributed by atoms with Crippen molar-refractivity contribution in [2.75, 3.05) is 13.2 Å². The molecule has 1 aromatic heterocycles. The van der Waals surface area contributed by atoms with Gasteiger partial charge in [0.2, 0.25) is 0 Å². The van der Waals surface area contributed by atoms with Crippen molar-refractivity contribution in [3.63, 3.8) is 0 Å². The third-order valence-corrected chi connectivity index (χ3v) is 4.03. The van der Waals surface area contributed by atoms with Crippen molar-refractivity contribution in [2.45, 2.75) is 13.0 Å². The number of carboxylic acid groups (broad SMARTS) is 1. The number of ether oxygens (including phenoxy) is 1. The van der Waals surface area contributed by atoms with Crippen molar-refractivity contribution < 1.29 is 14.6 Å². The SMILES string of the molecule is Cc1cc(C(N)COCC(=O)O)sc1Br. The highest BCUT2D eigenvalue weighted by atomic mass is 79.9. The molecular formula is C9H12BrNO3S. The van der Waals surface area contributed by atoms with Gasteiger partial charge in [0.1, 0.15) is 6.61 Å². The Kier molecular flexibility index (Phi) is 4.72. The molecule has 1 unspecified atom stereocenters. The van der Waals surface area contributed by atoms with Crippen LogP contribution in [0.2, 0.25) is 0 Å². The number of carbonyl (C=O) groups is 1. The zero-order chi connectivity index (χ0) is 11.4. The molecule has 1 aromatic rings. The Labute approximate surface area is 100 Å². The maximum Gasteiger partial charge on any atom is 0.329 e. The summed E-state index contributed by atoms with van der Waals surface area (Å²) in [5, 5.41) is 8.37. The lowest BCUT2D eigenvalue weighted by Gasteiger charge is -2.08. The molecule has 0 saturated heterocycles. The molecule has 1 heterocycles. The van der Waals surface area contributed by atoms with E-state index in [9.17, 15) is 4.79 Å². The molecule has 0 amide bonds. The van der Waals surface area contributed by atoms with Gasteiger partial charge in [0.25, 0.3) is 0 Å². The summed E-state index contributed by atoms with van der Waals surface area (Å²) < 4.78 is 5.97. The minimum atomic E-state index is -0.981. The van der Waals surface area contributed by atoms with Crippen LogP contribution in [-0.2, 0) is 9.53 Å². The molecule has 0 spiro atoms. The van der Waals surface area contributed by atoms with Gasteiger partial charge in [-0.15, -0.1) is 11.3 Å². The molecule has 1 rings (SSSR count). The average molecular weight is 294 g/mol. The molecule has 6 heteroatoms. The van der Waals surface area contributed by atoms with Gasteiger partial charge in [0.05, 0.1) is 16.4 Å². The third-order valence-electron chi connectivity index (χ3n) is 1.76. The van der Waals surface area contributed by atoms with Crippen molar-refractivity contribution in [3.8, 4) is 0 Å². The first-order valence-electron chi connectivity index (χ1n) is 4.31. The zero-order valence-electron chi connectivity index (χ0n) is 8.20. The average Bonchev–Trinajstić information content (AvgIpc) is 2.46. The summed E-state index contributed by atoms with van der Waals surface area (Å²) in [5.74, 6) is -0.981. The monoisotopic (exact) mass is 293 g/mol. The molecule has 0 fully saturated rings. The second kappa shape index (κ2) is 5.60. The Hall–Kier alpha value is -0.430. The molecular weight excluding hydrogens is 282 g/mol. The fraction of sp³-hybridized carbons (Fsp3) is 0.444. The smallest absolute Gasteiger partial charge is 0.329 e. The van der Waals surface area contributed by atoms with Crippen LogP contribution >= 0.6 is 27.3 Å². The molecule has 84 valence electrons. The number of hydrogen-bond donors (Lipinski definition) is 2. The highest BCUT2D eigenvalue weighted by molar-refractivity contribution is 9.11. The van der Waals surface area contributed by atoms with E-state index in [1.807, 2.05) is 13.0 Å². The van der Waals surface area contributed by atoms with Gasteiger partial charge < -0.3 is 15.6 Å². The van der Waals surface area contributed by atoms with E-state index in [1.54, 1.807) is 11.3 Å². The lowest BCUT2D eigenvalue weighted by Crippen LogP contribution is -2.18. The summed E-state index contributed by atoms with van der Waals surface area (Å²) >= 11 is 4.95. The zero-order valence-corrected chi connectivity index (χ0v) is 10.6. The predicted octanol–water partition coefficient (Wildman–Crippen LogP) is 1.92. The largest absolute Gasteiger partial charge is 0.480 e. The number of rotatable bonds is 5. The van der Waals surface area contributed by atoms with Crippen LogP contribution in [0.25, 0.3) is 0 Å². The third kappa shape index (κ3) is 3.90. The normalized spacial score (nSPS) is 12.7. The fourth-order valence-electron chi connectivity index (χ4n) is 1.02. The van der Waals surface area contributed by atoms with Gasteiger partial charge in [-0.3, -0.25) is 0 Å². The molecule has 0 aromatic carbocycles. The number of carboxylic acids is 1. The van der Waals surface area contributed by atoms with E-state index in [-0.39, 0.29) is 19.3 Å². The van der Waals surface area contributed by atoms with Crippen LogP contribution in [0.1, 0.15) is 16.5 Å². The van der Waals surface area contributed by atoms with E-state index in [0.29, 0.717) is 0 Å². The van der Waals surface area contributed by atoms with E-state index in [2.05, 4.69) is 15.9 Å². The molecule has 0 saturated carbocycles. The van der Waals surface area contributed by atoms with Gasteiger partial charge in [0, 0.05) is 4.88 Å². The molecule has 0 aliphatic rings. The lowest BCUT2D eigenvalue weighted by atomic mass is 10.2. The van der Waals surface area contributed by atoms with Gasteiger partial charge in [-0.1, -0.05) is 0 Å². The van der Waals surface area contributed by atoms with Crippen molar-refractivity contribution in [1.82, 2.24) is 0 Å². The summed E-state index contributed by atoms with van der Waals surface area (Å²) in [7, 11) is 0. The van der Waals surface area contributed by atoms with Gasteiger partial charge in [0.15, 0.2) is 0 Å². The highest BCUT2D eigenvalue weighted by Gasteiger charge is 2.11. The van der Waals surface area contributed by atoms with Crippen molar-refractivity contribution in [3.05, 3.63) is 20.3 Å². The van der Waals surface area contributed by atoms with E-state index in [1.165, 1.54) is 0 Å². The summed E-state index contributed by atoms with van der Waals surface area (Å²) in [6.45, 7) is 1.90. The van der Waals surface area contributed by atoms with Crippen LogP contribution in [0.3, 0.4) is 0 Å². The number of halogens is 1. The quantitative estimate of drug-likeness (QED) is 0.870. The number of aliphatic carboxylic acids is 1. The van der Waals surface area contributed by atoms with Crippen molar-refractivity contribution >= 4 is 33.2 Å². The standard InChI is InChI=1S/C9H12BrNO3S/c1-5-2-7(15-9(5)10)6(11)3-14-4-8(12)13/h2,6H,3-4,11H2,1H3,(H,12,13). The highest BCUT2D eigenvalue weighted by Crippen LogP contribution is 2.30. The number of aryl methyl sites for hydroxylation is 1. The minimum absolute atomic E-state index is 0.221. The van der Waals surface area contributed by atoms with Gasteiger partial charge in [-0.25, -0.2) is 4.79 Å². The number of thiophene rings is 1. The lowest BCUT2D eigenvalue weighted by molar-refractivity contribution is -0.142. The van der Waals surface area contributed by atoms with E-state index >= 15 is 0 Å². The van der Waals surface area contributed by atoms with Crippen molar-refractivity contribution in [2.24, 2.45) is 5.73 Å². The molecule has 1 atom stereocenters. The fourth-order valence-corrected chi connectivity index (χ4v) is 2.58. The molecule has 3 N–H and O–H groups in total. The van der Waals surface area contributed by atoms with E-state index in [0.717, 1.165) is 14.2 Å². The van der Waals surface area contributed by atoms with Gasteiger partial charge >= 0.3 is 5.97 Å². The van der Waals surface area contributed by atoms with Crippen LogP contribution in [0.5, 0.6) is 0 Å². The Morgan fingerprint density at radius 2 is 2.47 bits per heavy atom. The maximum atomic E-state index is 10.2. The molecule has 0 aliphatic heterocycles. The van der Waals surface area contributed by atoms with Crippen LogP contribution < -0.4 is 5.73 Å². The maximum absolute atomic E-state index is 10.2. The minimum Gasteiger partial charge on any atom is -0.480 e. The molecule has 15 heavy (non-hydrogen) atoms. The second-order valence-electron chi connectivity index (χ2n) is 3.12. The number of nitrogens with two attached hydrogens (primary N) is 1. The first-order valence-corrected chi connectivity index (χ1v) is 5.92. The molecule has 0 aliphatic carbocycles. The summed E-state index contributed by atoms with van der Waals surface area (Å²) in [6.07, 6.45) is 0. The van der Waals surface area contributed by atoms with Crippen molar-refractivity contribution in [1.29, 1.82) is 0 Å². The Balaban J connectivity index is 2.46. The Bertz CT molecular complexity index is 334. The van der Waals surface area contributed by atoms with Gasteiger partial charge in [-0.2, -0.15) is 0 Å². The molecule has 0 radical (unpaired) electrons. The second-order valence-corrected chi connectivity index (χ2v) is 5.52. The summed E-state index contributed by atoms with van der Waals surface area (Å²) in [5.41, 5.74) is 6.96. The van der Waals surface area contributed by atoms with E-state index < -0.39 is 5.97 Å². The molecule has 4 nitrogen and oxygen atoms in total. The van der Waals surface area contributed by atoms with Gasteiger partial charge in [-0.05, 0) is 34.5 Å². The first kappa shape index (κ1) is 12.6. The Morgan fingerprint density at radius 1 is 1.80 bits per heavy atom. The number of hydrogen-bond acceptors (Lipinski definition) is 4. The molecule has 0 bridgehead atoms. The first-order chi connectivity index (χ1) is 7.00. The van der Waals surface area contributed by atoms with Crippen LogP contribution in [0, 0.1) is 6.92 Å². The van der Waals surface area contributed by atoms with Crippen LogP contribution in [0.4, 0.5) is 0 Å². The predicted molar refractivity (Wildman–Crippen MR) is 62.1 cm³/mol. The van der Waals surface area contributed by atoms with E-state index in [4.69, 9.17) is 15.6 Å². The summed E-state index contributed by atoms with van der Waals surface area (Å²) in [4.78, 5) is 11.2. The Morgan fingerprint density at radius 3 is 2.93 bits per heavy atom. The summed E-state index contributed by atoms with van der Waals surface area (Å²) in [6, 6.07) is 1.71. The van der Waals surface area contributed by atoms with Crippen LogP contribution in [-0.4, -0.2) is 24.3 Å². The van der Waals surface area contributed by atoms with Crippen LogP contribution in [0.15, 0.2) is 9.85 Å².